The van der Waals surface area contributed by atoms with Crippen LogP contribution in [0.1, 0.15) is 19.4 Å². The molecule has 3 heteroatoms. The number of benzene rings is 2. The van der Waals surface area contributed by atoms with Crippen molar-refractivity contribution < 1.29 is 4.74 Å². The molecule has 0 atom stereocenters. The number of ether oxygens (including phenoxy) is 1. The summed E-state index contributed by atoms with van der Waals surface area (Å²) in [6.45, 7) is 6.12. The zero-order chi connectivity index (χ0) is 13.8. The van der Waals surface area contributed by atoms with Crippen LogP contribution in [0, 0.1) is 6.92 Å². The normalized spacial score (nSPS) is 10.7. The maximum atomic E-state index is 5.93. The number of hydrogen-bond donors (Lipinski definition) is 1. The van der Waals surface area contributed by atoms with E-state index in [0.29, 0.717) is 5.69 Å². The third-order valence-electron chi connectivity index (χ3n) is 2.67. The first-order chi connectivity index (χ1) is 9.06. The second-order valence-electron chi connectivity index (χ2n) is 4.73. The van der Waals surface area contributed by atoms with Crippen LogP contribution >= 0.6 is 11.8 Å². The zero-order valence-electron chi connectivity index (χ0n) is 11.5. The van der Waals surface area contributed by atoms with Crippen LogP contribution in [0.15, 0.2) is 52.3 Å². The summed E-state index contributed by atoms with van der Waals surface area (Å²) in [6, 6.07) is 14.3. The largest absolute Gasteiger partial charge is 0.489 e. The van der Waals surface area contributed by atoms with Gasteiger partial charge in [0.2, 0.25) is 0 Å². The minimum Gasteiger partial charge on any atom is -0.489 e. The van der Waals surface area contributed by atoms with Gasteiger partial charge in [0.25, 0.3) is 0 Å². The van der Waals surface area contributed by atoms with Crippen LogP contribution in [0.25, 0.3) is 0 Å². The Morgan fingerprint density at radius 3 is 2.53 bits per heavy atom. The fourth-order valence-corrected chi connectivity index (χ4v) is 2.66. The molecule has 0 aromatic heterocycles. The average Bonchev–Trinajstić information content (AvgIpc) is 2.35. The predicted octanol–water partition coefficient (Wildman–Crippen LogP) is 4.52. The molecule has 0 saturated heterocycles. The van der Waals surface area contributed by atoms with E-state index in [2.05, 4.69) is 31.2 Å². The quantitative estimate of drug-likeness (QED) is 0.832. The lowest BCUT2D eigenvalue weighted by molar-refractivity contribution is 0.243. The van der Waals surface area contributed by atoms with E-state index in [9.17, 15) is 0 Å². The van der Waals surface area contributed by atoms with Gasteiger partial charge in [-0.3, -0.25) is 0 Å². The number of anilines is 1. The van der Waals surface area contributed by atoms with Crippen LogP contribution in [0.5, 0.6) is 5.75 Å². The van der Waals surface area contributed by atoms with Crippen molar-refractivity contribution in [1.82, 2.24) is 0 Å². The highest BCUT2D eigenvalue weighted by Crippen LogP contribution is 2.34. The summed E-state index contributed by atoms with van der Waals surface area (Å²) in [7, 11) is 0. The Labute approximate surface area is 119 Å². The van der Waals surface area contributed by atoms with Gasteiger partial charge in [0.1, 0.15) is 5.75 Å². The molecule has 0 bridgehead atoms. The van der Waals surface area contributed by atoms with E-state index in [4.69, 9.17) is 10.5 Å². The molecule has 2 N–H and O–H groups in total. The van der Waals surface area contributed by atoms with Crippen molar-refractivity contribution in [3.8, 4) is 5.75 Å². The topological polar surface area (TPSA) is 35.2 Å². The van der Waals surface area contributed by atoms with Gasteiger partial charge in [-0.2, -0.15) is 0 Å². The molecule has 2 aromatic carbocycles. The van der Waals surface area contributed by atoms with Crippen molar-refractivity contribution in [2.24, 2.45) is 0 Å². The van der Waals surface area contributed by atoms with Crippen LogP contribution in [0.3, 0.4) is 0 Å². The summed E-state index contributed by atoms with van der Waals surface area (Å²) in [5.41, 5.74) is 7.88. The highest BCUT2D eigenvalue weighted by molar-refractivity contribution is 7.99. The van der Waals surface area contributed by atoms with E-state index in [1.165, 1.54) is 10.5 Å². The minimum atomic E-state index is 0.126. The molecule has 0 aliphatic carbocycles. The Bertz CT molecular complexity index is 566. The smallest absolute Gasteiger partial charge is 0.143 e. The molecule has 0 aliphatic rings. The molecule has 0 radical (unpaired) electrons. The first kappa shape index (κ1) is 13.8. The number of aryl methyl sites for hydroxylation is 1. The Balaban J connectivity index is 2.24. The molecule has 0 amide bonds. The molecule has 19 heavy (non-hydrogen) atoms. The number of rotatable bonds is 4. The third-order valence-corrected chi connectivity index (χ3v) is 3.84. The van der Waals surface area contributed by atoms with E-state index < -0.39 is 0 Å². The number of nitrogen functional groups attached to an aromatic ring is 1. The van der Waals surface area contributed by atoms with Gasteiger partial charge >= 0.3 is 0 Å². The number of hydrogen-bond acceptors (Lipinski definition) is 3. The summed E-state index contributed by atoms with van der Waals surface area (Å²) < 4.78 is 5.72. The minimum absolute atomic E-state index is 0.126. The maximum absolute atomic E-state index is 5.93. The standard InChI is InChI=1S/C16H19NOS/c1-11(2)18-15-10-13(8-9-14(15)17)19-16-7-5-4-6-12(16)3/h4-11H,17H2,1-3H3. The molecule has 0 aliphatic heterocycles. The van der Waals surface area contributed by atoms with Gasteiger partial charge in [0, 0.05) is 9.79 Å². The molecule has 2 aromatic rings. The van der Waals surface area contributed by atoms with Crippen molar-refractivity contribution >= 4 is 17.4 Å². The predicted molar refractivity (Wildman–Crippen MR) is 81.9 cm³/mol. The lowest BCUT2D eigenvalue weighted by atomic mass is 10.2. The van der Waals surface area contributed by atoms with E-state index in [1.54, 1.807) is 11.8 Å². The summed E-state index contributed by atoms with van der Waals surface area (Å²) in [5.74, 6) is 0.758. The van der Waals surface area contributed by atoms with Crippen LogP contribution in [0.4, 0.5) is 5.69 Å². The van der Waals surface area contributed by atoms with Crippen molar-refractivity contribution in [2.45, 2.75) is 36.7 Å². The summed E-state index contributed by atoms with van der Waals surface area (Å²) in [6.07, 6.45) is 0.126. The summed E-state index contributed by atoms with van der Waals surface area (Å²) in [4.78, 5) is 2.39. The maximum Gasteiger partial charge on any atom is 0.143 e. The van der Waals surface area contributed by atoms with Crippen molar-refractivity contribution in [2.75, 3.05) is 5.73 Å². The van der Waals surface area contributed by atoms with Crippen LogP contribution < -0.4 is 10.5 Å². The molecule has 0 spiro atoms. The van der Waals surface area contributed by atoms with Crippen LogP contribution in [0.2, 0.25) is 0 Å². The number of nitrogens with two attached hydrogens (primary N) is 1. The fourth-order valence-electron chi connectivity index (χ4n) is 1.73. The van der Waals surface area contributed by atoms with Gasteiger partial charge in [-0.05, 0) is 50.6 Å². The lowest BCUT2D eigenvalue weighted by Crippen LogP contribution is -2.07. The van der Waals surface area contributed by atoms with Crippen LogP contribution in [-0.4, -0.2) is 6.10 Å². The molecule has 0 saturated carbocycles. The first-order valence-corrected chi connectivity index (χ1v) is 7.17. The highest BCUT2D eigenvalue weighted by Gasteiger charge is 2.06. The fraction of sp³-hybridized carbons (Fsp3) is 0.250. The van der Waals surface area contributed by atoms with Crippen molar-refractivity contribution in [3.63, 3.8) is 0 Å². The van der Waals surface area contributed by atoms with Gasteiger partial charge < -0.3 is 10.5 Å². The van der Waals surface area contributed by atoms with E-state index in [-0.39, 0.29) is 6.10 Å². The highest BCUT2D eigenvalue weighted by atomic mass is 32.2. The third kappa shape index (κ3) is 3.67. The molecule has 0 unspecified atom stereocenters. The molecular formula is C16H19NOS. The Kier molecular flexibility index (Phi) is 4.38. The van der Waals surface area contributed by atoms with E-state index >= 15 is 0 Å². The Morgan fingerprint density at radius 1 is 1.11 bits per heavy atom. The lowest BCUT2D eigenvalue weighted by Gasteiger charge is -2.13. The van der Waals surface area contributed by atoms with Crippen molar-refractivity contribution in [3.05, 3.63) is 48.0 Å². The van der Waals surface area contributed by atoms with E-state index in [1.807, 2.05) is 32.0 Å². The second-order valence-corrected chi connectivity index (χ2v) is 5.85. The Hall–Kier alpha value is -1.61. The monoisotopic (exact) mass is 273 g/mol. The summed E-state index contributed by atoms with van der Waals surface area (Å²) >= 11 is 1.73. The molecule has 2 nitrogen and oxygen atoms in total. The second kappa shape index (κ2) is 6.02. The average molecular weight is 273 g/mol. The molecule has 100 valence electrons. The van der Waals surface area contributed by atoms with Crippen molar-refractivity contribution in [1.29, 1.82) is 0 Å². The van der Waals surface area contributed by atoms with Gasteiger partial charge in [0.15, 0.2) is 0 Å². The van der Waals surface area contributed by atoms with Gasteiger partial charge in [0.05, 0.1) is 11.8 Å². The van der Waals surface area contributed by atoms with Crippen LogP contribution in [-0.2, 0) is 0 Å². The zero-order valence-corrected chi connectivity index (χ0v) is 12.3. The molecule has 0 heterocycles. The van der Waals surface area contributed by atoms with E-state index in [0.717, 1.165) is 10.6 Å². The molecular weight excluding hydrogens is 254 g/mol. The first-order valence-electron chi connectivity index (χ1n) is 6.36. The van der Waals surface area contributed by atoms with Gasteiger partial charge in [-0.25, -0.2) is 0 Å². The van der Waals surface area contributed by atoms with Gasteiger partial charge in [-0.15, -0.1) is 0 Å². The molecule has 2 rings (SSSR count). The van der Waals surface area contributed by atoms with Gasteiger partial charge in [-0.1, -0.05) is 30.0 Å². The summed E-state index contributed by atoms with van der Waals surface area (Å²) in [5, 5.41) is 0. The Morgan fingerprint density at radius 2 is 1.84 bits per heavy atom. The molecule has 0 fully saturated rings. The SMILES string of the molecule is Cc1ccccc1Sc1ccc(N)c(OC(C)C)c1.